The highest BCUT2D eigenvalue weighted by atomic mass is 35.5. The Labute approximate surface area is 137 Å². The van der Waals surface area contributed by atoms with Crippen molar-refractivity contribution >= 4 is 34.8 Å². The van der Waals surface area contributed by atoms with Crippen LogP contribution in [0.5, 0.6) is 0 Å². The van der Waals surface area contributed by atoms with Crippen molar-refractivity contribution in [3.05, 3.63) is 76.5 Å². The molecule has 1 aromatic heterocycles. The van der Waals surface area contributed by atoms with Crippen LogP contribution in [0.25, 0.3) is 5.69 Å². The Bertz CT molecular complexity index is 815. The van der Waals surface area contributed by atoms with E-state index in [1.165, 1.54) is 6.20 Å². The zero-order valence-electron chi connectivity index (χ0n) is 11.3. The lowest BCUT2D eigenvalue weighted by Gasteiger charge is -2.04. The molecule has 3 aromatic rings. The monoisotopic (exact) mass is 331 g/mol. The lowest BCUT2D eigenvalue weighted by Crippen LogP contribution is -2.11. The van der Waals surface area contributed by atoms with Crippen LogP contribution in [0.15, 0.2) is 60.9 Å². The van der Waals surface area contributed by atoms with Crippen molar-refractivity contribution in [2.24, 2.45) is 0 Å². The number of anilines is 1. The lowest BCUT2D eigenvalue weighted by molar-refractivity contribution is 0.102. The summed E-state index contributed by atoms with van der Waals surface area (Å²) >= 11 is 11.8. The van der Waals surface area contributed by atoms with Crippen molar-refractivity contribution in [3.8, 4) is 5.69 Å². The highest BCUT2D eigenvalue weighted by Crippen LogP contribution is 2.25. The van der Waals surface area contributed by atoms with E-state index in [-0.39, 0.29) is 5.91 Å². The summed E-state index contributed by atoms with van der Waals surface area (Å²) in [6.45, 7) is 0. The maximum absolute atomic E-state index is 12.2. The van der Waals surface area contributed by atoms with Crippen molar-refractivity contribution < 1.29 is 4.79 Å². The summed E-state index contributed by atoms with van der Waals surface area (Å²) in [4.78, 5) is 12.2. The van der Waals surface area contributed by atoms with Crippen LogP contribution in [-0.4, -0.2) is 15.7 Å². The predicted octanol–water partition coefficient (Wildman–Crippen LogP) is 4.43. The quantitative estimate of drug-likeness (QED) is 0.771. The molecule has 0 bridgehead atoms. The lowest BCUT2D eigenvalue weighted by atomic mass is 10.3. The largest absolute Gasteiger partial charge is 0.322 e. The number of carbonyl (C=O) groups excluding carboxylic acids is 1. The van der Waals surface area contributed by atoms with Gasteiger partial charge >= 0.3 is 0 Å². The van der Waals surface area contributed by atoms with Gasteiger partial charge in [0.2, 0.25) is 0 Å². The van der Waals surface area contributed by atoms with Crippen molar-refractivity contribution in [2.45, 2.75) is 0 Å². The molecule has 1 amide bonds. The first-order valence-corrected chi connectivity index (χ1v) is 7.25. The molecule has 0 aliphatic heterocycles. The average Bonchev–Trinajstić information content (AvgIpc) is 3.02. The van der Waals surface area contributed by atoms with E-state index in [9.17, 15) is 4.79 Å². The highest BCUT2D eigenvalue weighted by molar-refractivity contribution is 6.42. The molecule has 1 heterocycles. The van der Waals surface area contributed by atoms with E-state index in [1.807, 2.05) is 30.3 Å². The van der Waals surface area contributed by atoms with Crippen LogP contribution < -0.4 is 5.32 Å². The topological polar surface area (TPSA) is 46.9 Å². The molecule has 22 heavy (non-hydrogen) atoms. The number of para-hydroxylation sites is 1. The Morgan fingerprint density at radius 3 is 2.55 bits per heavy atom. The van der Waals surface area contributed by atoms with Gasteiger partial charge in [0.15, 0.2) is 0 Å². The minimum atomic E-state index is -0.263. The van der Waals surface area contributed by atoms with Crippen LogP contribution in [0.4, 0.5) is 5.69 Å². The van der Waals surface area contributed by atoms with E-state index in [2.05, 4.69) is 10.4 Å². The number of amides is 1. The third-order valence-electron chi connectivity index (χ3n) is 3.04. The zero-order chi connectivity index (χ0) is 15.5. The van der Waals surface area contributed by atoms with E-state index < -0.39 is 0 Å². The van der Waals surface area contributed by atoms with Gasteiger partial charge in [0.1, 0.15) is 0 Å². The van der Waals surface area contributed by atoms with Gasteiger partial charge in [0.25, 0.3) is 5.91 Å². The number of nitrogens with zero attached hydrogens (tertiary/aromatic N) is 2. The second-order valence-corrected chi connectivity index (χ2v) is 5.41. The molecular formula is C16H11Cl2N3O. The van der Waals surface area contributed by atoms with Gasteiger partial charge in [-0.15, -0.1) is 0 Å². The molecule has 6 heteroatoms. The van der Waals surface area contributed by atoms with Gasteiger partial charge in [-0.25, -0.2) is 4.68 Å². The number of hydrogen-bond donors (Lipinski definition) is 1. The third-order valence-corrected chi connectivity index (χ3v) is 3.78. The number of halogens is 2. The van der Waals surface area contributed by atoms with Crippen molar-refractivity contribution in [1.29, 1.82) is 0 Å². The third kappa shape index (κ3) is 3.13. The van der Waals surface area contributed by atoms with Crippen LogP contribution in [0.3, 0.4) is 0 Å². The Hall–Kier alpha value is -2.30. The molecule has 3 rings (SSSR count). The summed E-state index contributed by atoms with van der Waals surface area (Å²) in [5, 5.41) is 7.77. The van der Waals surface area contributed by atoms with Crippen molar-refractivity contribution in [3.63, 3.8) is 0 Å². The summed E-state index contributed by atoms with van der Waals surface area (Å²) in [7, 11) is 0. The summed E-state index contributed by atoms with van der Waals surface area (Å²) < 4.78 is 1.64. The zero-order valence-corrected chi connectivity index (χ0v) is 12.8. The van der Waals surface area contributed by atoms with Gasteiger partial charge in [0, 0.05) is 11.9 Å². The normalized spacial score (nSPS) is 10.5. The van der Waals surface area contributed by atoms with E-state index in [0.717, 1.165) is 5.69 Å². The summed E-state index contributed by atoms with van der Waals surface area (Å²) in [5.74, 6) is -0.263. The fraction of sp³-hybridized carbons (Fsp3) is 0. The number of hydrogen-bond acceptors (Lipinski definition) is 2. The Morgan fingerprint density at radius 2 is 1.82 bits per heavy atom. The minimum absolute atomic E-state index is 0.263. The molecule has 0 unspecified atom stereocenters. The molecular weight excluding hydrogens is 321 g/mol. The molecule has 110 valence electrons. The van der Waals surface area contributed by atoms with E-state index in [1.54, 1.807) is 29.1 Å². The number of aromatic nitrogens is 2. The summed E-state index contributed by atoms with van der Waals surface area (Å²) in [6.07, 6.45) is 3.18. The molecule has 4 nitrogen and oxygen atoms in total. The number of rotatable bonds is 3. The summed E-state index contributed by atoms with van der Waals surface area (Å²) in [6, 6.07) is 14.5. The van der Waals surface area contributed by atoms with Crippen LogP contribution in [0.2, 0.25) is 10.0 Å². The van der Waals surface area contributed by atoms with Gasteiger partial charge in [-0.2, -0.15) is 5.10 Å². The fourth-order valence-corrected chi connectivity index (χ4v) is 2.24. The SMILES string of the molecule is O=C(Nc1ccc(Cl)c(Cl)c1)c1cnn(-c2ccccc2)c1. The predicted molar refractivity (Wildman–Crippen MR) is 88.0 cm³/mol. The van der Waals surface area contributed by atoms with Crippen LogP contribution in [0.1, 0.15) is 10.4 Å². The smallest absolute Gasteiger partial charge is 0.258 e. The molecule has 0 atom stereocenters. The van der Waals surface area contributed by atoms with E-state index in [4.69, 9.17) is 23.2 Å². The average molecular weight is 332 g/mol. The highest BCUT2D eigenvalue weighted by Gasteiger charge is 2.10. The molecule has 0 aliphatic carbocycles. The van der Waals surface area contributed by atoms with Gasteiger partial charge in [-0.05, 0) is 30.3 Å². The minimum Gasteiger partial charge on any atom is -0.322 e. The molecule has 1 N–H and O–H groups in total. The van der Waals surface area contributed by atoms with E-state index >= 15 is 0 Å². The molecule has 2 aromatic carbocycles. The molecule has 0 saturated carbocycles. The second-order valence-electron chi connectivity index (χ2n) is 4.59. The fourth-order valence-electron chi connectivity index (χ4n) is 1.94. The molecule has 0 radical (unpaired) electrons. The van der Waals surface area contributed by atoms with Crippen molar-refractivity contribution in [1.82, 2.24) is 9.78 Å². The van der Waals surface area contributed by atoms with E-state index in [0.29, 0.717) is 21.3 Å². The number of benzene rings is 2. The molecule has 0 aliphatic rings. The van der Waals surface area contributed by atoms with Gasteiger partial charge in [-0.3, -0.25) is 4.79 Å². The number of nitrogens with one attached hydrogen (secondary N) is 1. The van der Waals surface area contributed by atoms with Gasteiger partial charge in [0.05, 0.1) is 27.5 Å². The Morgan fingerprint density at radius 1 is 1.05 bits per heavy atom. The first-order valence-electron chi connectivity index (χ1n) is 6.50. The first-order chi connectivity index (χ1) is 10.6. The molecule has 0 saturated heterocycles. The second kappa shape index (κ2) is 6.22. The van der Waals surface area contributed by atoms with Crippen LogP contribution >= 0.6 is 23.2 Å². The maximum Gasteiger partial charge on any atom is 0.258 e. The first kappa shape index (κ1) is 14.6. The van der Waals surface area contributed by atoms with Gasteiger partial charge in [-0.1, -0.05) is 41.4 Å². The molecule has 0 fully saturated rings. The van der Waals surface area contributed by atoms with Crippen molar-refractivity contribution in [2.75, 3.05) is 5.32 Å². The summed E-state index contributed by atoms with van der Waals surface area (Å²) in [5.41, 5.74) is 1.91. The molecule has 0 spiro atoms. The van der Waals surface area contributed by atoms with Gasteiger partial charge < -0.3 is 5.32 Å². The Balaban J connectivity index is 1.78. The number of carbonyl (C=O) groups is 1. The van der Waals surface area contributed by atoms with Crippen LogP contribution in [-0.2, 0) is 0 Å². The van der Waals surface area contributed by atoms with Crippen LogP contribution in [0, 0.1) is 0 Å². The standard InChI is InChI=1S/C16H11Cl2N3O/c17-14-7-6-12(8-15(14)18)20-16(22)11-9-19-21(10-11)13-4-2-1-3-5-13/h1-10H,(H,20,22). The Kier molecular flexibility index (Phi) is 4.13. The maximum atomic E-state index is 12.2.